The number of aromatic carboxylic acids is 1. The van der Waals surface area contributed by atoms with Gasteiger partial charge in [0.1, 0.15) is 0 Å². The lowest BCUT2D eigenvalue weighted by atomic mass is 10.2. The average molecular weight is 320 g/mol. The number of methoxy groups -OCH3 is 1. The maximum Gasteiger partial charge on any atom is 0.445 e. The van der Waals surface area contributed by atoms with E-state index in [4.69, 9.17) is 14.6 Å². The van der Waals surface area contributed by atoms with Crippen molar-refractivity contribution in [1.29, 1.82) is 0 Å². The summed E-state index contributed by atoms with van der Waals surface area (Å²) in [5.74, 6) is -1.08. The third kappa shape index (κ3) is 3.40. The van der Waals surface area contributed by atoms with Crippen molar-refractivity contribution in [3.05, 3.63) is 28.8 Å². The van der Waals surface area contributed by atoms with Gasteiger partial charge in [0.2, 0.25) is 5.01 Å². The van der Waals surface area contributed by atoms with Gasteiger partial charge in [-0.15, -0.1) is 5.10 Å². The molecule has 0 atom stereocenters. The largest absolute Gasteiger partial charge is 0.493 e. The highest BCUT2D eigenvalue weighted by molar-refractivity contribution is 7.13. The standard InChI is InChI=1S/C11H7F3N2O4S/c1-19-7-4-5(8(17)18)2-3-6(7)20-10-16-15-9(21-10)11(12,13)14/h2-4H,1H3,(H,17,18). The first-order valence-electron chi connectivity index (χ1n) is 5.31. The zero-order valence-electron chi connectivity index (χ0n) is 10.3. The number of halogens is 3. The smallest absolute Gasteiger partial charge is 0.445 e. The molecule has 0 saturated heterocycles. The van der Waals surface area contributed by atoms with Crippen LogP contribution in [0.15, 0.2) is 18.2 Å². The molecule has 0 radical (unpaired) electrons. The molecule has 0 aliphatic heterocycles. The molecule has 0 saturated carbocycles. The highest BCUT2D eigenvalue weighted by Crippen LogP contribution is 2.37. The molecule has 0 bridgehead atoms. The monoisotopic (exact) mass is 320 g/mol. The summed E-state index contributed by atoms with van der Waals surface area (Å²) >= 11 is 0.223. The van der Waals surface area contributed by atoms with Crippen molar-refractivity contribution in [2.45, 2.75) is 6.18 Å². The highest BCUT2D eigenvalue weighted by atomic mass is 32.1. The van der Waals surface area contributed by atoms with Gasteiger partial charge < -0.3 is 14.6 Å². The number of rotatable bonds is 4. The molecule has 0 aliphatic carbocycles. The summed E-state index contributed by atoms with van der Waals surface area (Å²) in [5.41, 5.74) is -0.0487. The molecule has 10 heteroatoms. The van der Waals surface area contributed by atoms with Crippen LogP contribution in [-0.4, -0.2) is 28.4 Å². The number of carboxylic acids is 1. The average Bonchev–Trinajstić information content (AvgIpc) is 2.87. The number of aromatic nitrogens is 2. The molecular formula is C11H7F3N2O4S. The fourth-order valence-corrected chi connectivity index (χ4v) is 1.92. The lowest BCUT2D eigenvalue weighted by Gasteiger charge is -2.08. The number of benzene rings is 1. The van der Waals surface area contributed by atoms with Gasteiger partial charge in [-0.05, 0) is 18.2 Å². The van der Waals surface area contributed by atoms with Gasteiger partial charge in [0, 0.05) is 0 Å². The number of alkyl halides is 3. The summed E-state index contributed by atoms with van der Waals surface area (Å²) in [5, 5.41) is 13.6. The molecule has 1 heterocycles. The normalized spacial score (nSPS) is 11.2. The van der Waals surface area contributed by atoms with Crippen LogP contribution in [0.3, 0.4) is 0 Å². The van der Waals surface area contributed by atoms with Crippen molar-refractivity contribution >= 4 is 17.3 Å². The summed E-state index contributed by atoms with van der Waals surface area (Å²) < 4.78 is 47.2. The van der Waals surface area contributed by atoms with E-state index in [-0.39, 0.29) is 33.6 Å². The Morgan fingerprint density at radius 2 is 2.00 bits per heavy atom. The lowest BCUT2D eigenvalue weighted by molar-refractivity contribution is -0.138. The summed E-state index contributed by atoms with van der Waals surface area (Å²) in [7, 11) is 1.27. The van der Waals surface area contributed by atoms with Crippen molar-refractivity contribution in [2.75, 3.05) is 7.11 Å². The minimum atomic E-state index is -4.60. The molecule has 2 aromatic rings. The second-order valence-electron chi connectivity index (χ2n) is 3.64. The predicted molar refractivity (Wildman–Crippen MR) is 64.9 cm³/mol. The van der Waals surface area contributed by atoms with Gasteiger partial charge in [-0.1, -0.05) is 16.4 Å². The van der Waals surface area contributed by atoms with Crippen LogP contribution in [0.5, 0.6) is 16.7 Å². The summed E-state index contributed by atoms with van der Waals surface area (Å²) in [6.07, 6.45) is -4.60. The fraction of sp³-hybridized carbons (Fsp3) is 0.182. The van der Waals surface area contributed by atoms with Crippen LogP contribution in [0, 0.1) is 0 Å². The Hall–Kier alpha value is -2.36. The second kappa shape index (κ2) is 5.56. The Kier molecular flexibility index (Phi) is 3.98. The molecular weight excluding hydrogens is 313 g/mol. The van der Waals surface area contributed by atoms with E-state index < -0.39 is 17.2 Å². The van der Waals surface area contributed by atoms with E-state index in [1.165, 1.54) is 25.3 Å². The topological polar surface area (TPSA) is 81.5 Å². The minimum Gasteiger partial charge on any atom is -0.493 e. The van der Waals surface area contributed by atoms with E-state index in [9.17, 15) is 18.0 Å². The van der Waals surface area contributed by atoms with Crippen LogP contribution in [0.4, 0.5) is 13.2 Å². The summed E-state index contributed by atoms with van der Waals surface area (Å²) in [6, 6.07) is 3.67. The van der Waals surface area contributed by atoms with Crippen LogP contribution < -0.4 is 9.47 Å². The number of carbonyl (C=O) groups is 1. The second-order valence-corrected chi connectivity index (χ2v) is 4.58. The van der Waals surface area contributed by atoms with E-state index in [1.807, 2.05) is 0 Å². The van der Waals surface area contributed by atoms with E-state index in [0.29, 0.717) is 0 Å². The molecule has 2 rings (SSSR count). The zero-order valence-corrected chi connectivity index (χ0v) is 11.2. The van der Waals surface area contributed by atoms with Crippen LogP contribution in [0.1, 0.15) is 15.4 Å². The van der Waals surface area contributed by atoms with Crippen LogP contribution in [-0.2, 0) is 6.18 Å². The van der Waals surface area contributed by atoms with E-state index >= 15 is 0 Å². The maximum atomic E-state index is 12.4. The van der Waals surface area contributed by atoms with E-state index in [1.54, 1.807) is 0 Å². The molecule has 0 fully saturated rings. The fourth-order valence-electron chi connectivity index (χ4n) is 1.34. The molecule has 1 N–H and O–H groups in total. The first-order chi connectivity index (χ1) is 9.81. The van der Waals surface area contributed by atoms with Crippen molar-refractivity contribution in [3.8, 4) is 16.7 Å². The Morgan fingerprint density at radius 1 is 1.29 bits per heavy atom. The predicted octanol–water partition coefficient (Wildman–Crippen LogP) is 3.06. The van der Waals surface area contributed by atoms with Crippen LogP contribution >= 0.6 is 11.3 Å². The minimum absolute atomic E-state index is 0.0346. The van der Waals surface area contributed by atoms with Gasteiger partial charge >= 0.3 is 12.1 Å². The third-order valence-electron chi connectivity index (χ3n) is 2.26. The van der Waals surface area contributed by atoms with Gasteiger partial charge in [-0.25, -0.2) is 4.79 Å². The lowest BCUT2D eigenvalue weighted by Crippen LogP contribution is -2.03. The number of nitrogens with zero attached hydrogens (tertiary/aromatic N) is 2. The molecule has 6 nitrogen and oxygen atoms in total. The highest BCUT2D eigenvalue weighted by Gasteiger charge is 2.36. The first-order valence-corrected chi connectivity index (χ1v) is 6.13. The summed E-state index contributed by atoms with van der Waals surface area (Å²) in [4.78, 5) is 10.8. The number of hydrogen-bond donors (Lipinski definition) is 1. The van der Waals surface area contributed by atoms with E-state index in [0.717, 1.165) is 0 Å². The quantitative estimate of drug-likeness (QED) is 0.932. The molecule has 1 aromatic heterocycles. The van der Waals surface area contributed by atoms with Gasteiger partial charge in [0.15, 0.2) is 11.5 Å². The van der Waals surface area contributed by atoms with Gasteiger partial charge in [-0.2, -0.15) is 13.2 Å². The molecule has 0 spiro atoms. The Labute approximate surface area is 119 Å². The number of carboxylic acid groups (broad SMARTS) is 1. The first kappa shape index (κ1) is 15.0. The third-order valence-corrected chi connectivity index (χ3v) is 3.10. The number of hydrogen-bond acceptors (Lipinski definition) is 6. The molecule has 21 heavy (non-hydrogen) atoms. The molecule has 112 valence electrons. The molecule has 0 amide bonds. The van der Waals surface area contributed by atoms with Crippen molar-refractivity contribution < 1.29 is 32.5 Å². The van der Waals surface area contributed by atoms with Crippen molar-refractivity contribution in [3.63, 3.8) is 0 Å². The number of ether oxygens (including phenoxy) is 2. The van der Waals surface area contributed by atoms with Gasteiger partial charge in [0.25, 0.3) is 5.19 Å². The SMILES string of the molecule is COc1cc(C(=O)O)ccc1Oc1nnc(C(F)(F)F)s1. The van der Waals surface area contributed by atoms with Crippen LogP contribution in [0.2, 0.25) is 0 Å². The Balaban J connectivity index is 2.27. The van der Waals surface area contributed by atoms with E-state index in [2.05, 4.69) is 10.2 Å². The molecule has 1 aromatic carbocycles. The van der Waals surface area contributed by atoms with Gasteiger partial charge in [0.05, 0.1) is 12.7 Å². The maximum absolute atomic E-state index is 12.4. The zero-order chi connectivity index (χ0) is 15.6. The van der Waals surface area contributed by atoms with Crippen molar-refractivity contribution in [1.82, 2.24) is 10.2 Å². The van der Waals surface area contributed by atoms with Crippen LogP contribution in [0.25, 0.3) is 0 Å². The molecule has 0 unspecified atom stereocenters. The Morgan fingerprint density at radius 3 is 2.52 bits per heavy atom. The summed E-state index contributed by atoms with van der Waals surface area (Å²) in [6.45, 7) is 0. The van der Waals surface area contributed by atoms with Crippen molar-refractivity contribution in [2.24, 2.45) is 0 Å². The molecule has 0 aliphatic rings. The van der Waals surface area contributed by atoms with Gasteiger partial charge in [-0.3, -0.25) is 0 Å². The Bertz CT molecular complexity index is 672.